The lowest BCUT2D eigenvalue weighted by atomic mass is 10.2. The third-order valence-corrected chi connectivity index (χ3v) is 5.24. The van der Waals surface area contributed by atoms with Crippen molar-refractivity contribution in [3.8, 4) is 0 Å². The van der Waals surface area contributed by atoms with Crippen molar-refractivity contribution in [2.45, 2.75) is 6.54 Å². The van der Waals surface area contributed by atoms with Gasteiger partial charge in [-0.3, -0.25) is 19.6 Å². The van der Waals surface area contributed by atoms with Crippen LogP contribution in [0, 0.1) is 5.82 Å². The number of hydrogen-bond acceptors (Lipinski definition) is 4. The molecule has 0 bridgehead atoms. The maximum absolute atomic E-state index is 14.0. The van der Waals surface area contributed by atoms with Gasteiger partial charge in [0, 0.05) is 63.4 Å². The molecule has 2 N–H and O–H groups in total. The van der Waals surface area contributed by atoms with Crippen LogP contribution in [0.1, 0.15) is 5.56 Å². The van der Waals surface area contributed by atoms with Gasteiger partial charge in [0.15, 0.2) is 5.96 Å². The zero-order valence-electron chi connectivity index (χ0n) is 16.2. The van der Waals surface area contributed by atoms with Crippen LogP contribution in [-0.4, -0.2) is 85.5 Å². The molecule has 2 aliphatic rings. The van der Waals surface area contributed by atoms with Gasteiger partial charge >= 0.3 is 6.03 Å². The quantitative estimate of drug-likeness (QED) is 0.256. The molecule has 29 heavy (non-hydrogen) atoms. The van der Waals surface area contributed by atoms with Crippen LogP contribution in [0.3, 0.4) is 0 Å². The Labute approximate surface area is 191 Å². The van der Waals surface area contributed by atoms with Crippen LogP contribution in [0.4, 0.5) is 9.18 Å². The van der Waals surface area contributed by atoms with E-state index in [2.05, 4.69) is 25.4 Å². The molecular formula is C18H25ClFIN6O2. The van der Waals surface area contributed by atoms with Crippen molar-refractivity contribution in [3.63, 3.8) is 0 Å². The fourth-order valence-electron chi connectivity index (χ4n) is 3.32. The highest BCUT2D eigenvalue weighted by molar-refractivity contribution is 14.0. The second kappa shape index (κ2) is 10.9. The molecule has 2 fully saturated rings. The van der Waals surface area contributed by atoms with Gasteiger partial charge in [-0.05, 0) is 12.1 Å². The molecule has 2 saturated heterocycles. The van der Waals surface area contributed by atoms with Gasteiger partial charge in [-0.15, -0.1) is 24.0 Å². The van der Waals surface area contributed by atoms with Gasteiger partial charge in [0.1, 0.15) is 5.82 Å². The summed E-state index contributed by atoms with van der Waals surface area (Å²) in [7, 11) is 1.70. The van der Waals surface area contributed by atoms with E-state index in [4.69, 9.17) is 11.6 Å². The lowest BCUT2D eigenvalue weighted by Crippen LogP contribution is -2.53. The number of nitrogens with one attached hydrogen (secondary N) is 2. The van der Waals surface area contributed by atoms with Gasteiger partial charge in [-0.25, -0.2) is 9.18 Å². The lowest BCUT2D eigenvalue weighted by molar-refractivity contribution is -0.124. The first-order valence-corrected chi connectivity index (χ1v) is 9.56. The molecule has 0 saturated carbocycles. The maximum atomic E-state index is 14.0. The summed E-state index contributed by atoms with van der Waals surface area (Å²) >= 11 is 6.12. The van der Waals surface area contributed by atoms with Crippen molar-refractivity contribution in [1.82, 2.24) is 25.3 Å². The summed E-state index contributed by atoms with van der Waals surface area (Å²) in [6, 6.07) is 4.37. The molecule has 0 atom stereocenters. The molecule has 1 aromatic carbocycles. The molecular weight excluding hydrogens is 514 g/mol. The first-order valence-electron chi connectivity index (χ1n) is 9.18. The number of amides is 3. The normalized spacial score (nSPS) is 18.0. The predicted octanol–water partition coefficient (Wildman–Crippen LogP) is 1.34. The smallest absolute Gasteiger partial charge is 0.324 e. The minimum Gasteiger partial charge on any atom is -0.354 e. The van der Waals surface area contributed by atoms with Crippen LogP contribution in [0.5, 0.6) is 0 Å². The van der Waals surface area contributed by atoms with E-state index in [-0.39, 0.29) is 54.8 Å². The number of imide groups is 1. The largest absolute Gasteiger partial charge is 0.354 e. The third-order valence-electron chi connectivity index (χ3n) is 4.88. The average Bonchev–Trinajstić information content (AvgIpc) is 3.01. The van der Waals surface area contributed by atoms with E-state index in [1.165, 1.54) is 11.0 Å². The molecule has 0 radical (unpaired) electrons. The second-order valence-electron chi connectivity index (χ2n) is 6.64. The third kappa shape index (κ3) is 5.92. The Hall–Kier alpha value is -1.66. The number of guanidine groups is 1. The Kier molecular flexibility index (Phi) is 8.90. The van der Waals surface area contributed by atoms with Crippen molar-refractivity contribution >= 4 is 53.5 Å². The first kappa shape index (κ1) is 23.6. The Morgan fingerprint density at radius 1 is 1.28 bits per heavy atom. The summed E-state index contributed by atoms with van der Waals surface area (Å²) in [5.74, 6) is 0.214. The zero-order chi connectivity index (χ0) is 20.1. The SMILES string of the molecule is CN=C(NCCN1C(=O)CNC1=O)N1CCN(Cc2c(F)cccc2Cl)CC1.I. The minimum absolute atomic E-state index is 0. The maximum Gasteiger partial charge on any atom is 0.324 e. The van der Waals surface area contributed by atoms with Gasteiger partial charge in [-0.2, -0.15) is 0 Å². The number of hydrogen-bond donors (Lipinski definition) is 2. The Balaban J connectivity index is 0.00000300. The average molecular weight is 539 g/mol. The second-order valence-corrected chi connectivity index (χ2v) is 7.05. The van der Waals surface area contributed by atoms with Crippen molar-refractivity contribution in [3.05, 3.63) is 34.6 Å². The van der Waals surface area contributed by atoms with E-state index < -0.39 is 0 Å². The number of carbonyl (C=O) groups is 2. The molecule has 2 heterocycles. The van der Waals surface area contributed by atoms with Crippen LogP contribution in [-0.2, 0) is 11.3 Å². The van der Waals surface area contributed by atoms with Crippen LogP contribution in [0.25, 0.3) is 0 Å². The number of nitrogens with zero attached hydrogens (tertiary/aromatic N) is 4. The van der Waals surface area contributed by atoms with Crippen LogP contribution in [0.2, 0.25) is 5.02 Å². The topological polar surface area (TPSA) is 80.3 Å². The van der Waals surface area contributed by atoms with Gasteiger partial charge in [-0.1, -0.05) is 17.7 Å². The highest BCUT2D eigenvalue weighted by Crippen LogP contribution is 2.21. The van der Waals surface area contributed by atoms with E-state index in [1.54, 1.807) is 19.2 Å². The number of benzene rings is 1. The van der Waals surface area contributed by atoms with E-state index in [0.717, 1.165) is 32.1 Å². The summed E-state index contributed by atoms with van der Waals surface area (Å²) in [6.45, 7) is 4.20. The molecule has 3 amide bonds. The van der Waals surface area contributed by atoms with Crippen molar-refractivity contribution in [2.75, 3.05) is 52.9 Å². The molecule has 0 aliphatic carbocycles. The molecule has 0 unspecified atom stereocenters. The summed E-state index contributed by atoms with van der Waals surface area (Å²) < 4.78 is 14.0. The number of halogens is 3. The Morgan fingerprint density at radius 3 is 2.59 bits per heavy atom. The van der Waals surface area contributed by atoms with Gasteiger partial charge in [0.25, 0.3) is 0 Å². The minimum atomic E-state index is -0.359. The van der Waals surface area contributed by atoms with Gasteiger partial charge in [0.2, 0.25) is 5.91 Å². The number of aliphatic imine (C=N–C) groups is 1. The van der Waals surface area contributed by atoms with Gasteiger partial charge < -0.3 is 15.5 Å². The molecule has 11 heteroatoms. The summed E-state index contributed by atoms with van der Waals surface area (Å²) in [6.07, 6.45) is 0. The van der Waals surface area contributed by atoms with E-state index in [9.17, 15) is 14.0 Å². The number of urea groups is 1. The molecule has 2 aliphatic heterocycles. The Bertz CT molecular complexity index is 736. The molecule has 3 rings (SSSR count). The lowest BCUT2D eigenvalue weighted by Gasteiger charge is -2.36. The monoisotopic (exact) mass is 538 g/mol. The molecule has 0 spiro atoms. The van der Waals surface area contributed by atoms with E-state index in [1.807, 2.05) is 0 Å². The Morgan fingerprint density at radius 2 is 2.00 bits per heavy atom. The first-order chi connectivity index (χ1) is 13.5. The zero-order valence-corrected chi connectivity index (χ0v) is 19.2. The summed E-state index contributed by atoms with van der Waals surface area (Å²) in [5, 5.41) is 6.13. The van der Waals surface area contributed by atoms with Crippen LogP contribution >= 0.6 is 35.6 Å². The van der Waals surface area contributed by atoms with E-state index >= 15 is 0 Å². The standard InChI is InChI=1S/C18H24ClFN6O2.HI/c1-21-17(22-5-6-26-16(27)11-23-18(26)28)25-9-7-24(8-10-25)12-13-14(19)3-2-4-15(13)20;/h2-4H,5-12H2,1H3,(H,21,22)(H,23,28);1H. The molecule has 160 valence electrons. The highest BCUT2D eigenvalue weighted by atomic mass is 127. The number of carbonyl (C=O) groups excluding carboxylic acids is 2. The number of piperazine rings is 1. The van der Waals surface area contributed by atoms with Gasteiger partial charge in [0.05, 0.1) is 6.54 Å². The molecule has 8 nitrogen and oxygen atoms in total. The fourth-order valence-corrected chi connectivity index (χ4v) is 3.54. The van der Waals surface area contributed by atoms with Crippen molar-refractivity contribution in [1.29, 1.82) is 0 Å². The van der Waals surface area contributed by atoms with Crippen LogP contribution in [0.15, 0.2) is 23.2 Å². The summed E-state index contributed by atoms with van der Waals surface area (Å²) in [5.41, 5.74) is 0.522. The number of rotatable bonds is 5. The molecule has 1 aromatic rings. The predicted molar refractivity (Wildman–Crippen MR) is 120 cm³/mol. The van der Waals surface area contributed by atoms with Crippen molar-refractivity contribution < 1.29 is 14.0 Å². The fraction of sp³-hybridized carbons (Fsp3) is 0.500. The summed E-state index contributed by atoms with van der Waals surface area (Å²) in [4.78, 5) is 32.9. The van der Waals surface area contributed by atoms with Crippen molar-refractivity contribution in [2.24, 2.45) is 4.99 Å². The van der Waals surface area contributed by atoms with E-state index in [0.29, 0.717) is 23.7 Å². The molecule has 0 aromatic heterocycles. The van der Waals surface area contributed by atoms with Crippen LogP contribution < -0.4 is 10.6 Å². The highest BCUT2D eigenvalue weighted by Gasteiger charge is 2.28.